The average molecular weight is 351 g/mol. The summed E-state index contributed by atoms with van der Waals surface area (Å²) in [5.74, 6) is 0.600. The molecule has 0 spiro atoms. The summed E-state index contributed by atoms with van der Waals surface area (Å²) in [6.45, 7) is 0. The zero-order valence-corrected chi connectivity index (χ0v) is 13.0. The Hall–Kier alpha value is -1.96. The third-order valence-corrected chi connectivity index (χ3v) is 3.92. The lowest BCUT2D eigenvalue weighted by Crippen LogP contribution is -2.46. The van der Waals surface area contributed by atoms with Gasteiger partial charge >= 0.3 is 0 Å². The number of nitrogens with zero attached hydrogens (tertiary/aromatic N) is 4. The minimum absolute atomic E-state index is 0.0271. The number of hydrogen-bond acceptors (Lipinski definition) is 5. The first-order valence-electron chi connectivity index (χ1n) is 6.63. The van der Waals surface area contributed by atoms with Crippen molar-refractivity contribution in [3.05, 3.63) is 35.1 Å². The van der Waals surface area contributed by atoms with Crippen molar-refractivity contribution in [2.24, 2.45) is 7.05 Å². The molecule has 3 heterocycles. The molecular weight excluding hydrogens is 336 g/mol. The number of aryl methyl sites for hydroxylation is 1. The minimum atomic E-state index is -0.147. The molecule has 1 saturated heterocycles. The Labute approximate surface area is 130 Å². The van der Waals surface area contributed by atoms with E-state index in [-0.39, 0.29) is 18.0 Å². The molecule has 21 heavy (non-hydrogen) atoms. The monoisotopic (exact) mass is 350 g/mol. The lowest BCUT2D eigenvalue weighted by atomic mass is 9.95. The van der Waals surface area contributed by atoms with Crippen LogP contribution in [0.4, 0.5) is 5.95 Å². The van der Waals surface area contributed by atoms with E-state index in [0.29, 0.717) is 12.4 Å². The number of piperidine rings is 1. The predicted molar refractivity (Wildman–Crippen MR) is 80.5 cm³/mol. The van der Waals surface area contributed by atoms with Crippen molar-refractivity contribution in [1.29, 1.82) is 0 Å². The Bertz CT molecular complexity index is 640. The highest BCUT2D eigenvalue weighted by atomic mass is 79.9. The van der Waals surface area contributed by atoms with Gasteiger partial charge in [-0.1, -0.05) is 0 Å². The van der Waals surface area contributed by atoms with Crippen molar-refractivity contribution < 1.29 is 4.79 Å². The number of nitrogens with one attached hydrogen (secondary N) is 2. The molecule has 8 heteroatoms. The number of carbonyl (C=O) groups excluding carboxylic acids is 1. The summed E-state index contributed by atoms with van der Waals surface area (Å²) in [6, 6.07) is -0.120. The Morgan fingerprint density at radius 1 is 1.38 bits per heavy atom. The fourth-order valence-corrected chi connectivity index (χ4v) is 2.66. The molecule has 110 valence electrons. The molecular formula is C13H15BrN6O. The number of halogens is 1. The van der Waals surface area contributed by atoms with Crippen LogP contribution in [0.2, 0.25) is 0 Å². The van der Waals surface area contributed by atoms with Crippen LogP contribution in [0.25, 0.3) is 0 Å². The number of imidazole rings is 1. The Morgan fingerprint density at radius 2 is 2.14 bits per heavy atom. The lowest BCUT2D eigenvalue weighted by Gasteiger charge is -2.32. The molecule has 0 aliphatic carbocycles. The van der Waals surface area contributed by atoms with Crippen molar-refractivity contribution in [2.45, 2.75) is 24.9 Å². The molecule has 0 bridgehead atoms. The van der Waals surface area contributed by atoms with Crippen LogP contribution in [0.1, 0.15) is 24.6 Å². The standard InChI is InChI=1S/C13H15BrN6O/c1-20-7-15-6-10(20)12-9(2-3-11(21)19-12)18-13-16-4-8(14)5-17-13/h4-7,9,12H,2-3H2,1H3,(H,19,21)(H,16,17,18)/t9-,12-/m1/s1. The van der Waals surface area contributed by atoms with Gasteiger partial charge in [-0.2, -0.15) is 0 Å². The number of hydrogen-bond donors (Lipinski definition) is 2. The molecule has 3 rings (SSSR count). The summed E-state index contributed by atoms with van der Waals surface area (Å²) < 4.78 is 2.74. The minimum Gasteiger partial charge on any atom is -0.349 e. The molecule has 1 fully saturated rings. The van der Waals surface area contributed by atoms with Crippen LogP contribution in [-0.4, -0.2) is 31.5 Å². The van der Waals surface area contributed by atoms with E-state index in [9.17, 15) is 4.79 Å². The maximum atomic E-state index is 11.7. The molecule has 2 aromatic rings. The molecule has 0 aromatic carbocycles. The molecule has 7 nitrogen and oxygen atoms in total. The molecule has 1 aliphatic rings. The van der Waals surface area contributed by atoms with Crippen LogP contribution in [0.3, 0.4) is 0 Å². The zero-order chi connectivity index (χ0) is 14.8. The molecule has 0 radical (unpaired) electrons. The van der Waals surface area contributed by atoms with E-state index in [0.717, 1.165) is 16.6 Å². The van der Waals surface area contributed by atoms with Gasteiger partial charge in [-0.15, -0.1) is 0 Å². The molecule has 0 unspecified atom stereocenters. The largest absolute Gasteiger partial charge is 0.349 e. The number of aromatic nitrogens is 4. The van der Waals surface area contributed by atoms with Crippen molar-refractivity contribution >= 4 is 27.8 Å². The fourth-order valence-electron chi connectivity index (χ4n) is 2.45. The highest BCUT2D eigenvalue weighted by Gasteiger charge is 2.32. The van der Waals surface area contributed by atoms with Gasteiger partial charge in [-0.25, -0.2) is 15.0 Å². The lowest BCUT2D eigenvalue weighted by molar-refractivity contribution is -0.123. The van der Waals surface area contributed by atoms with Crippen LogP contribution in [0.15, 0.2) is 29.4 Å². The Balaban J connectivity index is 1.82. The third kappa shape index (κ3) is 3.05. The molecule has 1 amide bonds. The number of carbonyl (C=O) groups is 1. The first kappa shape index (κ1) is 14.0. The van der Waals surface area contributed by atoms with E-state index >= 15 is 0 Å². The zero-order valence-electron chi connectivity index (χ0n) is 11.5. The van der Waals surface area contributed by atoms with Gasteiger partial charge in [0.15, 0.2) is 0 Å². The topological polar surface area (TPSA) is 84.7 Å². The third-order valence-electron chi connectivity index (χ3n) is 3.51. The summed E-state index contributed by atoms with van der Waals surface area (Å²) >= 11 is 3.31. The van der Waals surface area contributed by atoms with Crippen LogP contribution in [0, 0.1) is 0 Å². The van der Waals surface area contributed by atoms with Gasteiger partial charge in [-0.05, 0) is 22.4 Å². The van der Waals surface area contributed by atoms with Gasteiger partial charge < -0.3 is 15.2 Å². The molecule has 2 aromatic heterocycles. The first-order valence-corrected chi connectivity index (χ1v) is 7.42. The van der Waals surface area contributed by atoms with Gasteiger partial charge in [0.1, 0.15) is 0 Å². The van der Waals surface area contributed by atoms with Gasteiger partial charge in [0, 0.05) is 25.9 Å². The number of anilines is 1. The van der Waals surface area contributed by atoms with Crippen LogP contribution in [-0.2, 0) is 11.8 Å². The van der Waals surface area contributed by atoms with Gasteiger partial charge in [0.2, 0.25) is 11.9 Å². The van der Waals surface area contributed by atoms with Crippen LogP contribution >= 0.6 is 15.9 Å². The van der Waals surface area contributed by atoms with E-state index in [4.69, 9.17) is 0 Å². The normalized spacial score (nSPS) is 21.9. The van der Waals surface area contributed by atoms with Gasteiger partial charge in [-0.3, -0.25) is 4.79 Å². The molecule has 0 saturated carbocycles. The van der Waals surface area contributed by atoms with Crippen molar-refractivity contribution in [1.82, 2.24) is 24.8 Å². The summed E-state index contributed by atoms with van der Waals surface area (Å²) in [6.07, 6.45) is 8.09. The molecule has 2 atom stereocenters. The van der Waals surface area contributed by atoms with E-state index < -0.39 is 0 Å². The van der Waals surface area contributed by atoms with Crippen molar-refractivity contribution in [3.8, 4) is 0 Å². The quantitative estimate of drug-likeness (QED) is 0.873. The predicted octanol–water partition coefficient (Wildman–Crippen LogP) is 1.40. The second-order valence-corrected chi connectivity index (χ2v) is 5.90. The fraction of sp³-hybridized carbons (Fsp3) is 0.385. The van der Waals surface area contributed by atoms with Gasteiger partial charge in [0.05, 0.1) is 34.8 Å². The molecule has 1 aliphatic heterocycles. The second-order valence-electron chi connectivity index (χ2n) is 4.99. The van der Waals surface area contributed by atoms with Crippen LogP contribution in [0.5, 0.6) is 0 Å². The number of amides is 1. The summed E-state index contributed by atoms with van der Waals surface area (Å²) in [5, 5.41) is 6.31. The highest BCUT2D eigenvalue weighted by molar-refractivity contribution is 9.10. The number of rotatable bonds is 3. The Kier molecular flexibility index (Phi) is 3.87. The van der Waals surface area contributed by atoms with E-state index in [1.165, 1.54) is 0 Å². The first-order chi connectivity index (χ1) is 10.1. The van der Waals surface area contributed by atoms with Gasteiger partial charge in [0.25, 0.3) is 0 Å². The maximum Gasteiger partial charge on any atom is 0.222 e. The van der Waals surface area contributed by atoms with Crippen molar-refractivity contribution in [3.63, 3.8) is 0 Å². The van der Waals surface area contributed by atoms with Crippen molar-refractivity contribution in [2.75, 3.05) is 5.32 Å². The second kappa shape index (κ2) is 5.80. The van der Waals surface area contributed by atoms with E-state index in [1.54, 1.807) is 24.9 Å². The summed E-state index contributed by atoms with van der Waals surface area (Å²) in [5.41, 5.74) is 0.956. The SMILES string of the molecule is Cn1cncc1[C@@H]1NC(=O)CC[C@H]1Nc1ncc(Br)cn1. The smallest absolute Gasteiger partial charge is 0.222 e. The van der Waals surface area contributed by atoms with E-state index in [1.807, 2.05) is 11.6 Å². The average Bonchev–Trinajstić information content (AvgIpc) is 2.89. The maximum absolute atomic E-state index is 11.7. The Morgan fingerprint density at radius 3 is 2.81 bits per heavy atom. The molecule has 2 N–H and O–H groups in total. The highest BCUT2D eigenvalue weighted by Crippen LogP contribution is 2.25. The summed E-state index contributed by atoms with van der Waals surface area (Å²) in [7, 11) is 1.91. The van der Waals surface area contributed by atoms with E-state index in [2.05, 4.69) is 41.5 Å². The van der Waals surface area contributed by atoms with Crippen LogP contribution < -0.4 is 10.6 Å². The summed E-state index contributed by atoms with van der Waals surface area (Å²) in [4.78, 5) is 24.3.